The van der Waals surface area contributed by atoms with Gasteiger partial charge in [0.2, 0.25) is 0 Å². The van der Waals surface area contributed by atoms with E-state index in [0.717, 1.165) is 15.6 Å². The zero-order valence-corrected chi connectivity index (χ0v) is 16.3. The highest BCUT2D eigenvalue weighted by atomic mass is 79.9. The number of carbonyl (C=O) groups excluding carboxylic acids is 1. The maximum atomic E-state index is 11.5. The number of carbonyl (C=O) groups is 1. The zero-order chi connectivity index (χ0) is 18.4. The number of hydrogen-bond donors (Lipinski definition) is 1. The summed E-state index contributed by atoms with van der Waals surface area (Å²) in [4.78, 5) is 11.5. The third kappa shape index (κ3) is 5.36. The van der Waals surface area contributed by atoms with E-state index in [1.807, 2.05) is 24.3 Å². The van der Waals surface area contributed by atoms with Crippen LogP contribution < -0.4 is 15.2 Å². The van der Waals surface area contributed by atoms with Crippen molar-refractivity contribution in [3.8, 4) is 11.5 Å². The minimum Gasteiger partial charge on any atom is -0.496 e. The molecule has 0 bridgehead atoms. The summed E-state index contributed by atoms with van der Waals surface area (Å²) in [5.74, 6) is 0.808. The molecule has 25 heavy (non-hydrogen) atoms. The highest BCUT2D eigenvalue weighted by Crippen LogP contribution is 2.29. The fraction of sp³-hybridized carbons (Fsp3) is 0.278. The first kappa shape index (κ1) is 19.6. The van der Waals surface area contributed by atoms with E-state index in [9.17, 15) is 4.79 Å². The summed E-state index contributed by atoms with van der Waals surface area (Å²) < 4.78 is 16.7. The van der Waals surface area contributed by atoms with Crippen LogP contribution in [0.1, 0.15) is 11.1 Å². The Balaban J connectivity index is 2.15. The molecule has 0 radical (unpaired) electrons. The molecule has 0 aliphatic carbocycles. The van der Waals surface area contributed by atoms with E-state index in [4.69, 9.17) is 26.8 Å². The van der Waals surface area contributed by atoms with Crippen molar-refractivity contribution in [2.24, 2.45) is 5.73 Å². The summed E-state index contributed by atoms with van der Waals surface area (Å²) in [5.41, 5.74) is 7.54. The van der Waals surface area contributed by atoms with Gasteiger partial charge in [0.15, 0.2) is 0 Å². The molecule has 0 spiro atoms. The van der Waals surface area contributed by atoms with Crippen LogP contribution in [-0.4, -0.2) is 26.2 Å². The van der Waals surface area contributed by atoms with Crippen molar-refractivity contribution < 1.29 is 19.0 Å². The Morgan fingerprint density at radius 2 is 1.92 bits per heavy atom. The largest absolute Gasteiger partial charge is 0.496 e. The third-order valence-electron chi connectivity index (χ3n) is 3.58. The second-order valence-corrected chi connectivity index (χ2v) is 6.67. The highest BCUT2D eigenvalue weighted by Gasteiger charge is 2.15. The molecule has 0 amide bonds. The molecule has 7 heteroatoms. The van der Waals surface area contributed by atoms with Gasteiger partial charge in [-0.3, -0.25) is 4.79 Å². The Morgan fingerprint density at radius 3 is 2.56 bits per heavy atom. The van der Waals surface area contributed by atoms with Crippen molar-refractivity contribution in [1.82, 2.24) is 0 Å². The number of esters is 1. The van der Waals surface area contributed by atoms with Gasteiger partial charge in [0.25, 0.3) is 0 Å². The van der Waals surface area contributed by atoms with E-state index in [0.29, 0.717) is 22.9 Å². The maximum absolute atomic E-state index is 11.5. The van der Waals surface area contributed by atoms with E-state index in [1.165, 1.54) is 7.11 Å². The fourth-order valence-electron chi connectivity index (χ4n) is 2.31. The predicted octanol–water partition coefficient (Wildman–Crippen LogP) is 3.73. The molecular weight excluding hydrogens is 410 g/mol. The molecule has 0 aliphatic heterocycles. The third-order valence-corrected chi connectivity index (χ3v) is 4.37. The highest BCUT2D eigenvalue weighted by molar-refractivity contribution is 9.10. The molecule has 0 saturated heterocycles. The van der Waals surface area contributed by atoms with E-state index in [-0.39, 0.29) is 6.61 Å². The molecule has 1 unspecified atom stereocenters. The Hall–Kier alpha value is -1.76. The molecule has 134 valence electrons. The van der Waals surface area contributed by atoms with Crippen LogP contribution in [0.2, 0.25) is 5.02 Å². The number of ether oxygens (including phenoxy) is 3. The summed E-state index contributed by atoms with van der Waals surface area (Å²) in [6.45, 7) is 0.270. The standard InChI is InChI=1S/C18H19BrClNO4/c1-23-16-5-3-11(8-15(21)18(22)24-2)7-12(16)10-25-17-6-4-13(19)9-14(17)20/h3-7,9,15H,8,10,21H2,1-2H3. The Labute approximate surface area is 160 Å². The number of methoxy groups -OCH3 is 2. The van der Waals surface area contributed by atoms with Crippen LogP contribution in [0.3, 0.4) is 0 Å². The average Bonchev–Trinajstić information content (AvgIpc) is 2.60. The van der Waals surface area contributed by atoms with E-state index in [1.54, 1.807) is 19.2 Å². The molecule has 0 aromatic heterocycles. The molecule has 0 fully saturated rings. The molecule has 2 aromatic carbocycles. The number of halogens is 2. The summed E-state index contributed by atoms with van der Waals surface area (Å²) >= 11 is 9.52. The Kier molecular flexibility index (Phi) is 7.11. The SMILES string of the molecule is COC(=O)C(N)Cc1ccc(OC)c(COc2ccc(Br)cc2Cl)c1. The van der Waals surface area contributed by atoms with Crippen molar-refractivity contribution >= 4 is 33.5 Å². The lowest BCUT2D eigenvalue weighted by Gasteiger charge is -2.14. The number of rotatable bonds is 7. The van der Waals surface area contributed by atoms with Crippen LogP contribution >= 0.6 is 27.5 Å². The first-order chi connectivity index (χ1) is 11.9. The minimum absolute atomic E-state index is 0.270. The van der Waals surface area contributed by atoms with Crippen LogP contribution in [0.15, 0.2) is 40.9 Å². The van der Waals surface area contributed by atoms with E-state index in [2.05, 4.69) is 20.7 Å². The molecule has 5 nitrogen and oxygen atoms in total. The fourth-order valence-corrected chi connectivity index (χ4v) is 3.04. The van der Waals surface area contributed by atoms with Gasteiger partial charge in [-0.25, -0.2) is 0 Å². The van der Waals surface area contributed by atoms with Gasteiger partial charge in [-0.15, -0.1) is 0 Å². The number of hydrogen-bond acceptors (Lipinski definition) is 5. The average molecular weight is 429 g/mol. The van der Waals surface area contributed by atoms with Gasteiger partial charge < -0.3 is 19.9 Å². The van der Waals surface area contributed by atoms with Gasteiger partial charge in [-0.2, -0.15) is 0 Å². The Morgan fingerprint density at radius 1 is 1.20 bits per heavy atom. The maximum Gasteiger partial charge on any atom is 0.322 e. The first-order valence-corrected chi connectivity index (χ1v) is 8.68. The van der Waals surface area contributed by atoms with Crippen LogP contribution in [0.25, 0.3) is 0 Å². The molecular formula is C18H19BrClNO4. The van der Waals surface area contributed by atoms with Crippen molar-refractivity contribution in [1.29, 1.82) is 0 Å². The van der Waals surface area contributed by atoms with Crippen LogP contribution in [0.4, 0.5) is 0 Å². The van der Waals surface area contributed by atoms with E-state index >= 15 is 0 Å². The molecule has 2 N–H and O–H groups in total. The second-order valence-electron chi connectivity index (χ2n) is 5.34. The van der Waals surface area contributed by atoms with Gasteiger partial charge in [0.05, 0.1) is 19.2 Å². The van der Waals surface area contributed by atoms with Crippen molar-refractivity contribution in [3.63, 3.8) is 0 Å². The van der Waals surface area contributed by atoms with Crippen LogP contribution in [-0.2, 0) is 22.6 Å². The van der Waals surface area contributed by atoms with Gasteiger partial charge in [-0.05, 0) is 42.3 Å². The molecule has 2 rings (SSSR count). The Bertz CT molecular complexity index is 754. The summed E-state index contributed by atoms with van der Waals surface area (Å²) in [7, 11) is 2.91. The molecule has 0 heterocycles. The summed E-state index contributed by atoms with van der Waals surface area (Å²) in [6, 6.07) is 10.3. The van der Waals surface area contributed by atoms with E-state index < -0.39 is 12.0 Å². The molecule has 0 saturated carbocycles. The summed E-state index contributed by atoms with van der Waals surface area (Å²) in [6.07, 6.45) is 0.364. The van der Waals surface area contributed by atoms with Crippen LogP contribution in [0, 0.1) is 0 Å². The minimum atomic E-state index is -0.715. The monoisotopic (exact) mass is 427 g/mol. The zero-order valence-electron chi connectivity index (χ0n) is 13.9. The van der Waals surface area contributed by atoms with Crippen molar-refractivity contribution in [2.45, 2.75) is 19.1 Å². The van der Waals surface area contributed by atoms with Crippen molar-refractivity contribution in [2.75, 3.05) is 14.2 Å². The van der Waals surface area contributed by atoms with Gasteiger partial charge in [0.1, 0.15) is 24.1 Å². The lowest BCUT2D eigenvalue weighted by molar-refractivity contribution is -0.142. The smallest absolute Gasteiger partial charge is 0.322 e. The quantitative estimate of drug-likeness (QED) is 0.680. The van der Waals surface area contributed by atoms with Crippen molar-refractivity contribution in [3.05, 3.63) is 57.0 Å². The number of nitrogens with two attached hydrogens (primary N) is 1. The lowest BCUT2D eigenvalue weighted by Crippen LogP contribution is -2.33. The molecule has 1 atom stereocenters. The summed E-state index contributed by atoms with van der Waals surface area (Å²) in [5, 5.41) is 0.511. The molecule has 2 aromatic rings. The normalized spacial score (nSPS) is 11.7. The topological polar surface area (TPSA) is 70.8 Å². The van der Waals surface area contributed by atoms with Crippen LogP contribution in [0.5, 0.6) is 11.5 Å². The van der Waals surface area contributed by atoms with Gasteiger partial charge in [0, 0.05) is 10.0 Å². The van der Waals surface area contributed by atoms with Gasteiger partial charge >= 0.3 is 5.97 Å². The second kappa shape index (κ2) is 9.08. The number of benzene rings is 2. The lowest BCUT2D eigenvalue weighted by atomic mass is 10.0. The van der Waals surface area contributed by atoms with Gasteiger partial charge in [-0.1, -0.05) is 33.6 Å². The first-order valence-electron chi connectivity index (χ1n) is 7.51. The predicted molar refractivity (Wildman–Crippen MR) is 100 cm³/mol. The molecule has 0 aliphatic rings.